The van der Waals surface area contributed by atoms with Crippen LogP contribution in [0.4, 0.5) is 5.69 Å². The van der Waals surface area contributed by atoms with Gasteiger partial charge in [-0.15, -0.1) is 0 Å². The van der Waals surface area contributed by atoms with Gasteiger partial charge in [-0.25, -0.2) is 9.67 Å². The number of nitrogens with zero attached hydrogens (tertiary/aromatic N) is 4. The van der Waals surface area contributed by atoms with Crippen LogP contribution in [0.2, 0.25) is 5.02 Å². The van der Waals surface area contributed by atoms with Crippen molar-refractivity contribution in [3.05, 3.63) is 111 Å². The third-order valence-corrected chi connectivity index (χ3v) is 4.98. The van der Waals surface area contributed by atoms with Gasteiger partial charge in [0.1, 0.15) is 18.4 Å². The molecule has 0 saturated carbocycles. The molecule has 1 heterocycles. The molecule has 1 amide bonds. The van der Waals surface area contributed by atoms with Crippen molar-refractivity contribution in [2.75, 3.05) is 0 Å². The van der Waals surface area contributed by atoms with E-state index >= 15 is 0 Å². The Morgan fingerprint density at radius 2 is 1.79 bits per heavy atom. The Bertz CT molecular complexity index is 1260. The van der Waals surface area contributed by atoms with E-state index in [9.17, 15) is 14.9 Å². The standard InChI is InChI=1S/C23H18ClN5O4/c24-19-7-10-22(21(11-19)29(31)32)33-20-8-5-18(6-9-20)23(30)26-12-16-1-3-17(4-2-16)13-28-15-25-14-27-28/h1-11,14-15H,12-13H2,(H,26,30). The van der Waals surface area contributed by atoms with Gasteiger partial charge in [0.15, 0.2) is 0 Å². The molecule has 0 bridgehead atoms. The fraction of sp³-hybridized carbons (Fsp3) is 0.0870. The normalized spacial score (nSPS) is 10.6. The van der Waals surface area contributed by atoms with Crippen molar-refractivity contribution in [2.45, 2.75) is 13.1 Å². The Morgan fingerprint density at radius 3 is 2.45 bits per heavy atom. The summed E-state index contributed by atoms with van der Waals surface area (Å²) in [4.78, 5) is 27.0. The maximum Gasteiger partial charge on any atom is 0.313 e. The summed E-state index contributed by atoms with van der Waals surface area (Å²) in [6, 6.07) is 18.3. The minimum Gasteiger partial charge on any atom is -0.450 e. The predicted octanol–water partition coefficient (Wildman–Crippen LogP) is 4.61. The Balaban J connectivity index is 1.33. The molecule has 0 unspecified atom stereocenters. The number of rotatable bonds is 8. The lowest BCUT2D eigenvalue weighted by molar-refractivity contribution is -0.385. The lowest BCUT2D eigenvalue weighted by Gasteiger charge is -2.09. The van der Waals surface area contributed by atoms with Crippen LogP contribution in [0.15, 0.2) is 79.4 Å². The zero-order chi connectivity index (χ0) is 23.2. The predicted molar refractivity (Wildman–Crippen MR) is 121 cm³/mol. The second kappa shape index (κ2) is 9.92. The minimum absolute atomic E-state index is 0.0638. The number of carbonyl (C=O) groups is 1. The van der Waals surface area contributed by atoms with Crippen molar-refractivity contribution in [3.8, 4) is 11.5 Å². The van der Waals surface area contributed by atoms with E-state index in [2.05, 4.69) is 15.4 Å². The molecule has 0 spiro atoms. The van der Waals surface area contributed by atoms with Crippen LogP contribution in [0.5, 0.6) is 11.5 Å². The number of ether oxygens (including phenoxy) is 1. The second-order valence-corrected chi connectivity index (χ2v) is 7.52. The zero-order valence-corrected chi connectivity index (χ0v) is 18.0. The van der Waals surface area contributed by atoms with E-state index < -0.39 is 4.92 Å². The smallest absolute Gasteiger partial charge is 0.313 e. The molecule has 9 nitrogen and oxygen atoms in total. The first-order valence-corrected chi connectivity index (χ1v) is 10.3. The fourth-order valence-corrected chi connectivity index (χ4v) is 3.24. The number of hydrogen-bond acceptors (Lipinski definition) is 6. The highest BCUT2D eigenvalue weighted by atomic mass is 35.5. The first-order valence-electron chi connectivity index (χ1n) is 9.88. The molecule has 0 radical (unpaired) electrons. The van der Waals surface area contributed by atoms with Crippen LogP contribution >= 0.6 is 11.6 Å². The van der Waals surface area contributed by atoms with Crippen molar-refractivity contribution in [1.82, 2.24) is 20.1 Å². The maximum atomic E-state index is 12.5. The third-order valence-electron chi connectivity index (χ3n) is 4.75. The van der Waals surface area contributed by atoms with Crippen LogP contribution in [-0.4, -0.2) is 25.6 Å². The zero-order valence-electron chi connectivity index (χ0n) is 17.2. The summed E-state index contributed by atoms with van der Waals surface area (Å²) >= 11 is 5.82. The van der Waals surface area contributed by atoms with Crippen LogP contribution in [0, 0.1) is 10.1 Å². The number of hydrogen-bond donors (Lipinski definition) is 1. The average molecular weight is 464 g/mol. The summed E-state index contributed by atoms with van der Waals surface area (Å²) in [6.07, 6.45) is 3.14. The molecule has 0 fully saturated rings. The van der Waals surface area contributed by atoms with Crippen LogP contribution in [-0.2, 0) is 13.1 Å². The first-order chi connectivity index (χ1) is 16.0. The molecule has 0 aliphatic carbocycles. The molecule has 1 N–H and O–H groups in total. The quantitative estimate of drug-likeness (QED) is 0.301. The number of halogens is 1. The summed E-state index contributed by atoms with van der Waals surface area (Å²) in [5, 5.41) is 18.4. The minimum atomic E-state index is -0.565. The van der Waals surface area contributed by atoms with E-state index in [1.165, 1.54) is 24.5 Å². The van der Waals surface area contributed by atoms with E-state index in [-0.39, 0.29) is 22.4 Å². The van der Waals surface area contributed by atoms with E-state index in [4.69, 9.17) is 16.3 Å². The fourth-order valence-electron chi connectivity index (χ4n) is 3.07. The Morgan fingerprint density at radius 1 is 1.06 bits per heavy atom. The molecule has 4 aromatic rings. The second-order valence-electron chi connectivity index (χ2n) is 7.09. The van der Waals surface area contributed by atoms with E-state index in [0.29, 0.717) is 24.4 Å². The maximum absolute atomic E-state index is 12.5. The summed E-state index contributed by atoms with van der Waals surface area (Å²) in [5.41, 5.74) is 2.24. The summed E-state index contributed by atoms with van der Waals surface area (Å²) in [7, 11) is 0. The van der Waals surface area contributed by atoms with Crippen molar-refractivity contribution >= 4 is 23.2 Å². The van der Waals surface area contributed by atoms with Crippen molar-refractivity contribution in [2.24, 2.45) is 0 Å². The lowest BCUT2D eigenvalue weighted by Crippen LogP contribution is -2.22. The van der Waals surface area contributed by atoms with Crippen molar-refractivity contribution in [1.29, 1.82) is 0 Å². The van der Waals surface area contributed by atoms with E-state index in [1.54, 1.807) is 35.3 Å². The van der Waals surface area contributed by atoms with Gasteiger partial charge in [0, 0.05) is 23.2 Å². The third kappa shape index (κ3) is 5.72. The van der Waals surface area contributed by atoms with Crippen LogP contribution in [0.3, 0.4) is 0 Å². The van der Waals surface area contributed by atoms with Gasteiger partial charge < -0.3 is 10.1 Å². The van der Waals surface area contributed by atoms with Gasteiger partial charge in [-0.05, 0) is 47.5 Å². The molecule has 0 saturated heterocycles. The lowest BCUT2D eigenvalue weighted by atomic mass is 10.1. The number of amides is 1. The molecule has 10 heteroatoms. The largest absolute Gasteiger partial charge is 0.450 e. The number of carbonyl (C=O) groups excluding carboxylic acids is 1. The number of nitrogens with one attached hydrogen (secondary N) is 1. The first kappa shape index (κ1) is 22.0. The monoisotopic (exact) mass is 463 g/mol. The highest BCUT2D eigenvalue weighted by Crippen LogP contribution is 2.33. The van der Waals surface area contributed by atoms with Gasteiger partial charge in [0.05, 0.1) is 11.5 Å². The number of nitro groups is 1. The van der Waals surface area contributed by atoms with Gasteiger partial charge in [-0.1, -0.05) is 35.9 Å². The number of nitro benzene ring substituents is 1. The molecule has 1 aromatic heterocycles. The Kier molecular flexibility index (Phi) is 6.61. The van der Waals surface area contributed by atoms with Gasteiger partial charge in [0.25, 0.3) is 5.91 Å². The topological polar surface area (TPSA) is 112 Å². The SMILES string of the molecule is O=C(NCc1ccc(Cn2cncn2)cc1)c1ccc(Oc2ccc(Cl)cc2[N+](=O)[O-])cc1. The average Bonchev–Trinajstić information content (AvgIpc) is 3.33. The van der Waals surface area contributed by atoms with Gasteiger partial charge >= 0.3 is 5.69 Å². The molecule has 0 atom stereocenters. The number of aromatic nitrogens is 3. The molecule has 166 valence electrons. The molecule has 0 aliphatic heterocycles. The Hall–Kier alpha value is -4.24. The van der Waals surface area contributed by atoms with Crippen LogP contribution < -0.4 is 10.1 Å². The van der Waals surface area contributed by atoms with Gasteiger partial charge in [-0.2, -0.15) is 5.10 Å². The molecular weight excluding hydrogens is 446 g/mol. The highest BCUT2D eigenvalue weighted by molar-refractivity contribution is 6.30. The highest BCUT2D eigenvalue weighted by Gasteiger charge is 2.16. The summed E-state index contributed by atoms with van der Waals surface area (Å²) in [5.74, 6) is 0.180. The molecule has 33 heavy (non-hydrogen) atoms. The van der Waals surface area contributed by atoms with Crippen LogP contribution in [0.1, 0.15) is 21.5 Å². The van der Waals surface area contributed by atoms with Crippen molar-refractivity contribution < 1.29 is 14.5 Å². The molecular formula is C23H18ClN5O4. The summed E-state index contributed by atoms with van der Waals surface area (Å²) < 4.78 is 7.33. The van der Waals surface area contributed by atoms with Crippen LogP contribution in [0.25, 0.3) is 0 Å². The molecule has 0 aliphatic rings. The van der Waals surface area contributed by atoms with Gasteiger partial charge in [-0.3, -0.25) is 14.9 Å². The van der Waals surface area contributed by atoms with E-state index in [0.717, 1.165) is 11.1 Å². The van der Waals surface area contributed by atoms with E-state index in [1.807, 2.05) is 24.3 Å². The Labute approximate surface area is 193 Å². The molecule has 3 aromatic carbocycles. The summed E-state index contributed by atoms with van der Waals surface area (Å²) in [6.45, 7) is 0.998. The van der Waals surface area contributed by atoms with Gasteiger partial charge in [0.2, 0.25) is 5.75 Å². The molecule has 4 rings (SSSR count). The number of benzene rings is 3. The van der Waals surface area contributed by atoms with Crippen molar-refractivity contribution in [3.63, 3.8) is 0 Å².